The van der Waals surface area contributed by atoms with Gasteiger partial charge >= 0.3 is 0 Å². The Hall–Kier alpha value is -1.60. The van der Waals surface area contributed by atoms with Crippen LogP contribution in [0.25, 0.3) is 0 Å². The van der Waals surface area contributed by atoms with Gasteiger partial charge in [0.2, 0.25) is 15.9 Å². The van der Waals surface area contributed by atoms with Crippen LogP contribution in [0.1, 0.15) is 38.3 Å². The smallest absolute Gasteiger partial charge is 0.243 e. The van der Waals surface area contributed by atoms with E-state index in [2.05, 4.69) is 5.32 Å². The molecule has 0 spiro atoms. The number of aryl methyl sites for hydroxylation is 2. The lowest BCUT2D eigenvalue weighted by atomic mass is 10.1. The van der Waals surface area contributed by atoms with E-state index in [1.807, 2.05) is 39.8 Å². The second-order valence-corrected chi connectivity index (χ2v) is 8.45. The van der Waals surface area contributed by atoms with E-state index in [0.717, 1.165) is 17.4 Å². The number of benzene rings is 1. The molecule has 6 nitrogen and oxygen atoms in total. The maximum Gasteiger partial charge on any atom is 0.243 e. The minimum atomic E-state index is -3.60. The van der Waals surface area contributed by atoms with Gasteiger partial charge in [-0.3, -0.25) is 9.10 Å². The van der Waals surface area contributed by atoms with Crippen molar-refractivity contribution in [2.45, 2.75) is 53.2 Å². The standard InChI is InChI=1S/C18H30N2O4S/c1-13(2)24-11-7-10-19-18(21)16(5)20(25(6,22)23)17-12-14(3)8-9-15(17)4/h8-9,12-13,16H,7,10-11H2,1-6H3,(H,19,21)/t16-/m0/s1. The third-order valence-electron chi connectivity index (χ3n) is 3.76. The van der Waals surface area contributed by atoms with Crippen molar-refractivity contribution in [3.05, 3.63) is 29.3 Å². The zero-order valence-electron chi connectivity index (χ0n) is 16.0. The number of hydrogen-bond acceptors (Lipinski definition) is 4. The number of carbonyl (C=O) groups is 1. The third-order valence-corrected chi connectivity index (χ3v) is 4.99. The van der Waals surface area contributed by atoms with Crippen molar-refractivity contribution >= 4 is 21.6 Å². The van der Waals surface area contributed by atoms with E-state index in [9.17, 15) is 13.2 Å². The van der Waals surface area contributed by atoms with Gasteiger partial charge in [0.05, 0.1) is 18.0 Å². The molecule has 25 heavy (non-hydrogen) atoms. The number of nitrogens with zero attached hydrogens (tertiary/aromatic N) is 1. The highest BCUT2D eigenvalue weighted by molar-refractivity contribution is 7.92. The summed E-state index contributed by atoms with van der Waals surface area (Å²) in [7, 11) is -3.60. The fourth-order valence-electron chi connectivity index (χ4n) is 2.49. The first-order chi connectivity index (χ1) is 11.5. The van der Waals surface area contributed by atoms with Crippen molar-refractivity contribution in [3.63, 3.8) is 0 Å². The number of hydrogen-bond donors (Lipinski definition) is 1. The van der Waals surface area contributed by atoms with Crippen LogP contribution >= 0.6 is 0 Å². The highest BCUT2D eigenvalue weighted by atomic mass is 32.2. The van der Waals surface area contributed by atoms with Gasteiger partial charge in [-0.2, -0.15) is 0 Å². The summed E-state index contributed by atoms with van der Waals surface area (Å²) in [5.74, 6) is -0.323. The summed E-state index contributed by atoms with van der Waals surface area (Å²) in [6.07, 6.45) is 1.95. The van der Waals surface area contributed by atoms with Crippen LogP contribution in [0.2, 0.25) is 0 Å². The molecule has 1 amide bonds. The quantitative estimate of drug-likeness (QED) is 0.677. The molecule has 1 aromatic rings. The second kappa shape index (κ2) is 9.20. The van der Waals surface area contributed by atoms with E-state index in [1.54, 1.807) is 13.0 Å². The van der Waals surface area contributed by atoms with Crippen molar-refractivity contribution in [1.29, 1.82) is 0 Å². The van der Waals surface area contributed by atoms with E-state index in [1.165, 1.54) is 4.31 Å². The molecule has 0 fully saturated rings. The molecule has 1 N–H and O–H groups in total. The highest BCUT2D eigenvalue weighted by Gasteiger charge is 2.29. The number of rotatable bonds is 9. The predicted octanol–water partition coefficient (Wildman–Crippen LogP) is 2.39. The number of nitrogens with one attached hydrogen (secondary N) is 1. The molecule has 142 valence electrons. The fraction of sp³-hybridized carbons (Fsp3) is 0.611. The molecule has 0 aromatic heterocycles. The van der Waals surface area contributed by atoms with Gasteiger partial charge in [0.1, 0.15) is 6.04 Å². The molecular formula is C18H30N2O4S. The topological polar surface area (TPSA) is 75.7 Å². The molecule has 1 rings (SSSR count). The first-order valence-electron chi connectivity index (χ1n) is 8.50. The van der Waals surface area contributed by atoms with Gasteiger partial charge in [0.15, 0.2) is 0 Å². The van der Waals surface area contributed by atoms with Gasteiger partial charge in [-0.1, -0.05) is 12.1 Å². The lowest BCUT2D eigenvalue weighted by molar-refractivity contribution is -0.121. The fourth-order valence-corrected chi connectivity index (χ4v) is 3.71. The number of amides is 1. The van der Waals surface area contributed by atoms with Crippen LogP contribution in [-0.4, -0.2) is 45.9 Å². The van der Waals surface area contributed by atoms with Crippen LogP contribution in [0.5, 0.6) is 0 Å². The van der Waals surface area contributed by atoms with Crippen LogP contribution in [0.3, 0.4) is 0 Å². The normalized spacial score (nSPS) is 12.9. The first kappa shape index (κ1) is 21.4. The summed E-state index contributed by atoms with van der Waals surface area (Å²) < 4.78 is 31.3. The molecule has 0 saturated carbocycles. The molecule has 0 aliphatic carbocycles. The highest BCUT2D eigenvalue weighted by Crippen LogP contribution is 2.26. The Morgan fingerprint density at radius 3 is 2.44 bits per heavy atom. The SMILES string of the molecule is Cc1ccc(C)c(N([C@@H](C)C(=O)NCCCOC(C)C)S(C)(=O)=O)c1. The van der Waals surface area contributed by atoms with Crippen LogP contribution in [-0.2, 0) is 19.6 Å². The van der Waals surface area contributed by atoms with Crippen molar-refractivity contribution in [2.75, 3.05) is 23.7 Å². The zero-order valence-corrected chi connectivity index (χ0v) is 16.8. The Morgan fingerprint density at radius 2 is 1.88 bits per heavy atom. The molecule has 7 heteroatoms. The zero-order chi connectivity index (χ0) is 19.2. The van der Waals surface area contributed by atoms with Crippen molar-refractivity contribution in [2.24, 2.45) is 0 Å². The van der Waals surface area contributed by atoms with Crippen LogP contribution in [0.15, 0.2) is 18.2 Å². The predicted molar refractivity (Wildman–Crippen MR) is 101 cm³/mol. The Bertz CT molecular complexity index is 686. The number of sulfonamides is 1. The molecule has 0 radical (unpaired) electrons. The Balaban J connectivity index is 2.86. The van der Waals surface area contributed by atoms with Crippen LogP contribution in [0.4, 0.5) is 5.69 Å². The largest absolute Gasteiger partial charge is 0.379 e. The maximum atomic E-state index is 12.4. The van der Waals surface area contributed by atoms with Gasteiger partial charge in [-0.25, -0.2) is 8.42 Å². The lowest BCUT2D eigenvalue weighted by Gasteiger charge is -2.29. The summed E-state index contributed by atoms with van der Waals surface area (Å²) >= 11 is 0. The van der Waals surface area contributed by atoms with Crippen molar-refractivity contribution in [1.82, 2.24) is 5.32 Å². The molecule has 0 aliphatic heterocycles. The molecule has 0 bridgehead atoms. The average molecular weight is 371 g/mol. The van der Waals surface area contributed by atoms with Crippen molar-refractivity contribution < 1.29 is 17.9 Å². The monoisotopic (exact) mass is 370 g/mol. The molecule has 0 saturated heterocycles. The lowest BCUT2D eigenvalue weighted by Crippen LogP contribution is -2.48. The Kier molecular flexibility index (Phi) is 7.89. The van der Waals surface area contributed by atoms with Crippen molar-refractivity contribution in [3.8, 4) is 0 Å². The van der Waals surface area contributed by atoms with Gasteiger partial charge in [-0.15, -0.1) is 0 Å². The van der Waals surface area contributed by atoms with Gasteiger partial charge in [0, 0.05) is 13.2 Å². The van der Waals surface area contributed by atoms with E-state index in [0.29, 0.717) is 25.3 Å². The second-order valence-electron chi connectivity index (χ2n) is 6.59. The summed E-state index contributed by atoms with van der Waals surface area (Å²) in [6, 6.07) is 4.73. The minimum Gasteiger partial charge on any atom is -0.379 e. The summed E-state index contributed by atoms with van der Waals surface area (Å²) in [6.45, 7) is 10.2. The molecular weight excluding hydrogens is 340 g/mol. The average Bonchev–Trinajstić information content (AvgIpc) is 2.48. The molecule has 0 unspecified atom stereocenters. The number of ether oxygens (including phenoxy) is 1. The molecule has 1 aromatic carbocycles. The summed E-state index contributed by atoms with van der Waals surface area (Å²) in [5, 5.41) is 2.79. The van der Waals surface area contributed by atoms with Crippen LogP contribution < -0.4 is 9.62 Å². The molecule has 0 heterocycles. The van der Waals surface area contributed by atoms with Gasteiger partial charge in [0.25, 0.3) is 0 Å². The van der Waals surface area contributed by atoms with E-state index < -0.39 is 16.1 Å². The minimum absolute atomic E-state index is 0.152. The maximum absolute atomic E-state index is 12.4. The van der Waals surface area contributed by atoms with Gasteiger partial charge in [-0.05, 0) is 58.2 Å². The number of anilines is 1. The molecule has 1 atom stereocenters. The van der Waals surface area contributed by atoms with Gasteiger partial charge < -0.3 is 10.1 Å². The first-order valence-corrected chi connectivity index (χ1v) is 10.3. The molecule has 0 aliphatic rings. The van der Waals surface area contributed by atoms with E-state index >= 15 is 0 Å². The van der Waals surface area contributed by atoms with Crippen LogP contribution in [0, 0.1) is 13.8 Å². The summed E-state index contributed by atoms with van der Waals surface area (Å²) in [4.78, 5) is 12.4. The Morgan fingerprint density at radius 1 is 1.24 bits per heavy atom. The number of carbonyl (C=O) groups excluding carboxylic acids is 1. The summed E-state index contributed by atoms with van der Waals surface area (Å²) in [5.41, 5.74) is 2.28. The van der Waals surface area contributed by atoms with E-state index in [4.69, 9.17) is 4.74 Å². The third kappa shape index (κ3) is 6.66. The Labute approximate surface area is 151 Å². The van der Waals surface area contributed by atoms with E-state index in [-0.39, 0.29) is 12.0 Å².